The van der Waals surface area contributed by atoms with Crippen LogP contribution in [-0.4, -0.2) is 53.0 Å². The Morgan fingerprint density at radius 2 is 1.21 bits per heavy atom. The van der Waals surface area contributed by atoms with Gasteiger partial charge in [-0.3, -0.25) is 0 Å². The molecule has 0 fully saturated rings. The molecule has 0 aromatic rings. The maximum absolute atomic E-state index is 10.7. The number of aliphatic hydroxyl groups excluding tert-OH is 3. The highest BCUT2D eigenvalue weighted by Gasteiger charge is 2.51. The molecular weight excluding hydrogens is 312 g/mol. The number of aliphatic imine (C=N–C) groups is 2. The highest BCUT2D eigenvalue weighted by molar-refractivity contribution is 5.40. The van der Waals surface area contributed by atoms with Gasteiger partial charge >= 0.3 is 0 Å². The molecule has 0 unspecified atom stereocenters. The SMILES string of the molecule is CCCCCCCCCCC(CO)(CO)C(CO)(N=C=O)N=C=O. The molecule has 0 saturated carbocycles. The van der Waals surface area contributed by atoms with Crippen LogP contribution >= 0.6 is 0 Å². The van der Waals surface area contributed by atoms with Crippen LogP contribution in [0, 0.1) is 5.41 Å². The molecule has 0 spiro atoms. The van der Waals surface area contributed by atoms with Crippen molar-refractivity contribution in [1.29, 1.82) is 0 Å². The summed E-state index contributed by atoms with van der Waals surface area (Å²) in [7, 11) is 0. The molecule has 0 bridgehead atoms. The summed E-state index contributed by atoms with van der Waals surface area (Å²) in [5, 5.41) is 29.1. The van der Waals surface area contributed by atoms with Gasteiger partial charge < -0.3 is 15.3 Å². The summed E-state index contributed by atoms with van der Waals surface area (Å²) in [5.41, 5.74) is -3.35. The van der Waals surface area contributed by atoms with Crippen LogP contribution < -0.4 is 0 Å². The van der Waals surface area contributed by atoms with Crippen molar-refractivity contribution in [1.82, 2.24) is 0 Å². The van der Waals surface area contributed by atoms with Crippen LogP contribution in [0.2, 0.25) is 0 Å². The fraction of sp³-hybridized carbons (Fsp3) is 0.882. The molecule has 7 heteroatoms. The van der Waals surface area contributed by atoms with Gasteiger partial charge in [-0.15, -0.1) is 0 Å². The molecular formula is C17H30N2O5. The highest BCUT2D eigenvalue weighted by atomic mass is 16.3. The van der Waals surface area contributed by atoms with Gasteiger partial charge in [0.2, 0.25) is 17.8 Å². The van der Waals surface area contributed by atoms with Crippen molar-refractivity contribution in [3.05, 3.63) is 0 Å². The van der Waals surface area contributed by atoms with Crippen LogP contribution in [-0.2, 0) is 9.59 Å². The summed E-state index contributed by atoms with van der Waals surface area (Å²) >= 11 is 0. The van der Waals surface area contributed by atoms with Gasteiger partial charge in [0.15, 0.2) is 0 Å². The Morgan fingerprint density at radius 1 is 0.750 bits per heavy atom. The maximum atomic E-state index is 10.7. The smallest absolute Gasteiger partial charge is 0.237 e. The lowest BCUT2D eigenvalue weighted by atomic mass is 9.73. The lowest BCUT2D eigenvalue weighted by molar-refractivity contribution is -0.0387. The lowest BCUT2D eigenvalue weighted by Gasteiger charge is -2.40. The Hall–Kier alpha value is -1.36. The van der Waals surface area contributed by atoms with E-state index in [-0.39, 0.29) is 6.42 Å². The lowest BCUT2D eigenvalue weighted by Crippen LogP contribution is -2.53. The number of isocyanates is 2. The Kier molecular flexibility index (Phi) is 12.3. The molecule has 7 nitrogen and oxygen atoms in total. The summed E-state index contributed by atoms with van der Waals surface area (Å²) in [5.74, 6) is 0. The summed E-state index contributed by atoms with van der Waals surface area (Å²) in [6.07, 6.45) is 11.3. The third kappa shape index (κ3) is 6.27. The first-order valence-electron chi connectivity index (χ1n) is 8.62. The first kappa shape index (κ1) is 22.6. The Bertz CT molecular complexity index is 407. The fourth-order valence-corrected chi connectivity index (χ4v) is 2.91. The second-order valence-corrected chi connectivity index (χ2v) is 6.20. The molecule has 138 valence electrons. The minimum atomic E-state index is -1.94. The second kappa shape index (κ2) is 13.0. The van der Waals surface area contributed by atoms with E-state index in [1.807, 2.05) is 0 Å². The molecule has 0 aromatic carbocycles. The quantitative estimate of drug-likeness (QED) is 0.238. The second-order valence-electron chi connectivity index (χ2n) is 6.20. The van der Waals surface area contributed by atoms with Crippen molar-refractivity contribution in [2.24, 2.45) is 15.4 Å². The van der Waals surface area contributed by atoms with E-state index in [9.17, 15) is 24.9 Å². The first-order chi connectivity index (χ1) is 11.6. The summed E-state index contributed by atoms with van der Waals surface area (Å²) in [6.45, 7) is 0.226. The number of hydrogen-bond acceptors (Lipinski definition) is 7. The van der Waals surface area contributed by atoms with E-state index in [0.717, 1.165) is 19.3 Å². The molecule has 3 N–H and O–H groups in total. The summed E-state index contributed by atoms with van der Waals surface area (Å²) in [6, 6.07) is 0. The van der Waals surface area contributed by atoms with Crippen LogP contribution in [0.5, 0.6) is 0 Å². The van der Waals surface area contributed by atoms with Crippen LogP contribution in [0.4, 0.5) is 0 Å². The summed E-state index contributed by atoms with van der Waals surface area (Å²) in [4.78, 5) is 28.2. The van der Waals surface area contributed by atoms with Crippen LogP contribution in [0.25, 0.3) is 0 Å². The van der Waals surface area contributed by atoms with Crippen LogP contribution in [0.15, 0.2) is 9.98 Å². The monoisotopic (exact) mass is 342 g/mol. The van der Waals surface area contributed by atoms with Crippen molar-refractivity contribution >= 4 is 12.2 Å². The van der Waals surface area contributed by atoms with E-state index in [2.05, 4.69) is 16.9 Å². The number of unbranched alkanes of at least 4 members (excludes halogenated alkanes) is 7. The predicted molar refractivity (Wildman–Crippen MR) is 89.9 cm³/mol. The van der Waals surface area contributed by atoms with Gasteiger partial charge in [0.25, 0.3) is 0 Å². The van der Waals surface area contributed by atoms with E-state index in [1.165, 1.54) is 37.8 Å². The first-order valence-corrected chi connectivity index (χ1v) is 8.62. The van der Waals surface area contributed by atoms with Crippen molar-refractivity contribution in [3.63, 3.8) is 0 Å². The van der Waals surface area contributed by atoms with Crippen molar-refractivity contribution in [2.75, 3.05) is 19.8 Å². The predicted octanol–water partition coefficient (Wildman–Crippen LogP) is 1.85. The number of rotatable bonds is 15. The molecule has 0 radical (unpaired) electrons. The van der Waals surface area contributed by atoms with Crippen LogP contribution in [0.3, 0.4) is 0 Å². The Labute approximate surface area is 143 Å². The van der Waals surface area contributed by atoms with Gasteiger partial charge in [0.05, 0.1) is 25.2 Å². The zero-order valence-electron chi connectivity index (χ0n) is 14.5. The van der Waals surface area contributed by atoms with Gasteiger partial charge in [-0.2, -0.15) is 9.98 Å². The van der Waals surface area contributed by atoms with Crippen molar-refractivity contribution < 1.29 is 24.9 Å². The maximum Gasteiger partial charge on any atom is 0.237 e. The van der Waals surface area contributed by atoms with Gasteiger partial charge in [-0.05, 0) is 6.42 Å². The Morgan fingerprint density at radius 3 is 1.58 bits per heavy atom. The molecule has 0 aromatic heterocycles. The van der Waals surface area contributed by atoms with Gasteiger partial charge in [0.1, 0.15) is 0 Å². The normalized spacial score (nSPS) is 13.7. The summed E-state index contributed by atoms with van der Waals surface area (Å²) < 4.78 is 0. The molecule has 0 aliphatic heterocycles. The number of nitrogens with zero attached hydrogens (tertiary/aromatic N) is 2. The van der Waals surface area contributed by atoms with E-state index >= 15 is 0 Å². The Balaban J connectivity index is 4.80. The van der Waals surface area contributed by atoms with Crippen molar-refractivity contribution in [2.45, 2.75) is 70.4 Å². The molecule has 0 heterocycles. The average Bonchev–Trinajstić information content (AvgIpc) is 2.60. The molecule has 0 saturated heterocycles. The molecule has 0 aliphatic rings. The van der Waals surface area contributed by atoms with Crippen LogP contribution in [0.1, 0.15) is 64.7 Å². The van der Waals surface area contributed by atoms with E-state index in [1.54, 1.807) is 0 Å². The minimum Gasteiger partial charge on any atom is -0.396 e. The molecule has 0 atom stereocenters. The van der Waals surface area contributed by atoms with E-state index in [0.29, 0.717) is 6.42 Å². The molecule has 0 rings (SSSR count). The topological polar surface area (TPSA) is 120 Å². The largest absolute Gasteiger partial charge is 0.396 e. The van der Waals surface area contributed by atoms with E-state index in [4.69, 9.17) is 0 Å². The fourth-order valence-electron chi connectivity index (χ4n) is 2.91. The van der Waals surface area contributed by atoms with Gasteiger partial charge in [-0.25, -0.2) is 9.59 Å². The molecule has 24 heavy (non-hydrogen) atoms. The standard InChI is InChI=1S/C17H30N2O5/c1-2-3-4-5-6-7-8-9-10-16(11-20,12-21)17(13-22,18-14-23)19-15-24/h20-22H,2-13H2,1H3. The van der Waals surface area contributed by atoms with Gasteiger partial charge in [0, 0.05) is 0 Å². The number of aliphatic hydroxyl groups is 3. The third-order valence-electron chi connectivity index (χ3n) is 4.65. The van der Waals surface area contributed by atoms with Crippen molar-refractivity contribution in [3.8, 4) is 0 Å². The zero-order chi connectivity index (χ0) is 18.3. The zero-order valence-corrected chi connectivity index (χ0v) is 14.5. The number of hydrogen-bond donors (Lipinski definition) is 3. The van der Waals surface area contributed by atoms with E-state index < -0.39 is 30.9 Å². The highest BCUT2D eigenvalue weighted by Crippen LogP contribution is 2.40. The molecule has 0 amide bonds. The molecule has 0 aliphatic carbocycles. The van der Waals surface area contributed by atoms with Gasteiger partial charge in [-0.1, -0.05) is 58.3 Å². The number of carbonyl (C=O) groups excluding carboxylic acids is 2. The average molecular weight is 342 g/mol. The minimum absolute atomic E-state index is 0.270. The third-order valence-corrected chi connectivity index (χ3v) is 4.65.